The van der Waals surface area contributed by atoms with Crippen molar-refractivity contribution in [3.05, 3.63) is 56.8 Å². The monoisotopic (exact) mass is 356 g/mol. The molecule has 1 atom stereocenters. The second-order valence-electron chi connectivity index (χ2n) is 7.11. The first kappa shape index (κ1) is 19.2. The largest absolute Gasteiger partial charge is 0.477 e. The SMILES string of the molecule is COC(Cc1cc(C#CC(C)(C)C)sc1C(=O)O)c1ccc(C)cc1. The number of ether oxygens (including phenoxy) is 1. The third kappa shape index (κ3) is 5.45. The number of aryl methyl sites for hydroxylation is 1. The summed E-state index contributed by atoms with van der Waals surface area (Å²) in [4.78, 5) is 12.7. The summed E-state index contributed by atoms with van der Waals surface area (Å²) < 4.78 is 5.61. The predicted octanol–water partition coefficient (Wildman–Crippen LogP) is 5.08. The molecule has 0 spiro atoms. The highest BCUT2D eigenvalue weighted by atomic mass is 32.1. The average molecular weight is 356 g/mol. The quantitative estimate of drug-likeness (QED) is 0.760. The summed E-state index contributed by atoms with van der Waals surface area (Å²) in [7, 11) is 1.65. The molecule has 2 aromatic rings. The molecule has 0 aliphatic heterocycles. The van der Waals surface area contributed by atoms with Crippen LogP contribution in [0.25, 0.3) is 0 Å². The Hall–Kier alpha value is -2.09. The van der Waals surface area contributed by atoms with Gasteiger partial charge in [0, 0.05) is 18.9 Å². The second-order valence-corrected chi connectivity index (χ2v) is 8.16. The number of aromatic carboxylic acids is 1. The average Bonchev–Trinajstić information content (AvgIpc) is 2.94. The number of methoxy groups -OCH3 is 1. The third-order valence-electron chi connectivity index (χ3n) is 3.70. The van der Waals surface area contributed by atoms with Crippen LogP contribution in [-0.4, -0.2) is 18.2 Å². The molecule has 4 heteroatoms. The van der Waals surface area contributed by atoms with Crippen LogP contribution in [0.1, 0.15) is 58.1 Å². The van der Waals surface area contributed by atoms with Gasteiger partial charge in [0.05, 0.1) is 11.0 Å². The van der Waals surface area contributed by atoms with E-state index in [4.69, 9.17) is 4.74 Å². The van der Waals surface area contributed by atoms with Crippen LogP contribution in [0.4, 0.5) is 0 Å². The molecule has 0 aliphatic rings. The summed E-state index contributed by atoms with van der Waals surface area (Å²) in [5, 5.41) is 9.52. The summed E-state index contributed by atoms with van der Waals surface area (Å²) in [6, 6.07) is 10.0. The minimum Gasteiger partial charge on any atom is -0.477 e. The Kier molecular flexibility index (Phi) is 6.05. The number of carboxylic acid groups (broad SMARTS) is 1. The van der Waals surface area contributed by atoms with Crippen LogP contribution < -0.4 is 0 Å². The number of carbonyl (C=O) groups is 1. The van der Waals surface area contributed by atoms with E-state index in [0.717, 1.165) is 16.0 Å². The van der Waals surface area contributed by atoms with Crippen molar-refractivity contribution >= 4 is 17.3 Å². The van der Waals surface area contributed by atoms with Crippen LogP contribution in [-0.2, 0) is 11.2 Å². The van der Waals surface area contributed by atoms with E-state index in [1.165, 1.54) is 16.9 Å². The molecular formula is C21H24O3S. The summed E-state index contributed by atoms with van der Waals surface area (Å²) in [6.07, 6.45) is 0.325. The molecule has 3 nitrogen and oxygen atoms in total. The summed E-state index contributed by atoms with van der Waals surface area (Å²) >= 11 is 1.23. The highest BCUT2D eigenvalue weighted by Gasteiger charge is 2.20. The first-order chi connectivity index (χ1) is 11.7. The van der Waals surface area contributed by atoms with Crippen LogP contribution in [0.5, 0.6) is 0 Å². The molecular weight excluding hydrogens is 332 g/mol. The number of benzene rings is 1. The van der Waals surface area contributed by atoms with E-state index in [1.54, 1.807) is 7.11 Å². The van der Waals surface area contributed by atoms with Gasteiger partial charge in [0.15, 0.2) is 0 Å². The molecule has 0 saturated carbocycles. The van der Waals surface area contributed by atoms with Gasteiger partial charge in [-0.2, -0.15) is 0 Å². The fraction of sp³-hybridized carbons (Fsp3) is 0.381. The van der Waals surface area contributed by atoms with Crippen molar-refractivity contribution in [2.75, 3.05) is 7.11 Å². The zero-order valence-electron chi connectivity index (χ0n) is 15.3. The van der Waals surface area contributed by atoms with Gasteiger partial charge in [0.25, 0.3) is 0 Å². The lowest BCUT2D eigenvalue weighted by atomic mass is 9.98. The van der Waals surface area contributed by atoms with Gasteiger partial charge in [-0.15, -0.1) is 11.3 Å². The Morgan fingerprint density at radius 3 is 2.44 bits per heavy atom. The van der Waals surface area contributed by atoms with Crippen LogP contribution in [0.2, 0.25) is 0 Å². The summed E-state index contributed by atoms with van der Waals surface area (Å²) in [5.74, 6) is 5.35. The minimum absolute atomic E-state index is 0.121. The van der Waals surface area contributed by atoms with E-state index in [0.29, 0.717) is 11.3 Å². The first-order valence-corrected chi connectivity index (χ1v) is 9.00. The van der Waals surface area contributed by atoms with Crippen LogP contribution >= 0.6 is 11.3 Å². The molecule has 1 heterocycles. The van der Waals surface area contributed by atoms with E-state index in [1.807, 2.05) is 58.0 Å². The highest BCUT2D eigenvalue weighted by Crippen LogP contribution is 2.29. The van der Waals surface area contributed by atoms with Gasteiger partial charge in [-0.05, 0) is 44.9 Å². The van der Waals surface area contributed by atoms with Crippen molar-refractivity contribution < 1.29 is 14.6 Å². The Morgan fingerprint density at radius 2 is 1.92 bits per heavy atom. The molecule has 0 aliphatic carbocycles. The third-order valence-corrected chi connectivity index (χ3v) is 4.78. The van der Waals surface area contributed by atoms with Crippen molar-refractivity contribution in [3.8, 4) is 11.8 Å². The van der Waals surface area contributed by atoms with Gasteiger partial charge in [-0.25, -0.2) is 4.79 Å². The van der Waals surface area contributed by atoms with Crippen LogP contribution in [0.3, 0.4) is 0 Å². The first-order valence-electron chi connectivity index (χ1n) is 8.18. The Morgan fingerprint density at radius 1 is 1.28 bits per heavy atom. The van der Waals surface area contributed by atoms with Crippen molar-refractivity contribution in [1.82, 2.24) is 0 Å². The Balaban J connectivity index is 2.32. The zero-order chi connectivity index (χ0) is 18.6. The van der Waals surface area contributed by atoms with Gasteiger partial charge in [0.1, 0.15) is 4.88 Å². The fourth-order valence-electron chi connectivity index (χ4n) is 2.39. The summed E-state index contributed by atoms with van der Waals surface area (Å²) in [5.41, 5.74) is 2.87. The Labute approximate surface area is 153 Å². The number of rotatable bonds is 5. The smallest absolute Gasteiger partial charge is 0.346 e. The van der Waals surface area contributed by atoms with Crippen molar-refractivity contribution in [2.45, 2.75) is 40.2 Å². The van der Waals surface area contributed by atoms with Gasteiger partial charge >= 0.3 is 5.97 Å². The fourth-order valence-corrected chi connectivity index (χ4v) is 3.27. The van der Waals surface area contributed by atoms with E-state index >= 15 is 0 Å². The molecule has 25 heavy (non-hydrogen) atoms. The number of hydrogen-bond acceptors (Lipinski definition) is 3. The zero-order valence-corrected chi connectivity index (χ0v) is 16.2. The molecule has 2 rings (SSSR count). The topological polar surface area (TPSA) is 46.5 Å². The molecule has 1 aromatic carbocycles. The standard InChI is InChI=1S/C21H24O3S/c1-14-6-8-15(9-7-14)18(24-5)13-16-12-17(10-11-21(2,3)4)25-19(16)20(22)23/h6-9,12,18H,13H2,1-5H3,(H,22,23). The lowest BCUT2D eigenvalue weighted by Gasteiger charge is -2.16. The number of hydrogen-bond donors (Lipinski definition) is 1. The molecule has 132 valence electrons. The van der Waals surface area contributed by atoms with Crippen LogP contribution in [0, 0.1) is 24.2 Å². The molecule has 1 unspecified atom stereocenters. The summed E-state index contributed by atoms with van der Waals surface area (Å²) in [6.45, 7) is 8.13. The van der Waals surface area contributed by atoms with Gasteiger partial charge in [0.2, 0.25) is 0 Å². The maximum Gasteiger partial charge on any atom is 0.346 e. The molecule has 0 radical (unpaired) electrons. The second kappa shape index (κ2) is 7.86. The van der Waals surface area contributed by atoms with E-state index < -0.39 is 5.97 Å². The van der Waals surface area contributed by atoms with Crippen LogP contribution in [0.15, 0.2) is 30.3 Å². The molecule has 0 amide bonds. The van der Waals surface area contributed by atoms with E-state index in [9.17, 15) is 9.90 Å². The maximum atomic E-state index is 11.6. The minimum atomic E-state index is -0.914. The van der Waals surface area contributed by atoms with Crippen molar-refractivity contribution in [1.29, 1.82) is 0 Å². The highest BCUT2D eigenvalue weighted by molar-refractivity contribution is 7.14. The normalized spacial score (nSPS) is 12.4. The maximum absolute atomic E-state index is 11.6. The van der Waals surface area contributed by atoms with E-state index in [-0.39, 0.29) is 11.5 Å². The molecule has 1 N–H and O–H groups in total. The Bertz CT molecular complexity index is 798. The number of thiophene rings is 1. The van der Waals surface area contributed by atoms with Crippen molar-refractivity contribution in [3.63, 3.8) is 0 Å². The molecule has 0 bridgehead atoms. The predicted molar refractivity (Wildman–Crippen MR) is 102 cm³/mol. The molecule has 1 aromatic heterocycles. The lowest BCUT2D eigenvalue weighted by Crippen LogP contribution is -2.07. The molecule has 0 fully saturated rings. The lowest BCUT2D eigenvalue weighted by molar-refractivity contribution is 0.0698. The van der Waals surface area contributed by atoms with Gasteiger partial charge in [-0.1, -0.05) is 41.7 Å². The van der Waals surface area contributed by atoms with Crippen molar-refractivity contribution in [2.24, 2.45) is 5.41 Å². The van der Waals surface area contributed by atoms with Gasteiger partial charge in [-0.3, -0.25) is 0 Å². The van der Waals surface area contributed by atoms with E-state index in [2.05, 4.69) is 11.8 Å². The molecule has 0 saturated heterocycles. The number of carboxylic acids is 1. The van der Waals surface area contributed by atoms with Gasteiger partial charge < -0.3 is 9.84 Å².